The first kappa shape index (κ1) is 13.9. The first-order valence-electron chi connectivity index (χ1n) is 7.46. The maximum Gasteiger partial charge on any atom is 0.117 e. The van der Waals surface area contributed by atoms with Crippen LogP contribution in [0.4, 0.5) is 0 Å². The maximum atomic E-state index is 10.2. The Kier molecular flexibility index (Phi) is 4.58. The Balaban J connectivity index is 1.77. The van der Waals surface area contributed by atoms with Crippen LogP contribution in [0, 0.1) is 0 Å². The van der Waals surface area contributed by atoms with E-state index in [0.29, 0.717) is 6.42 Å². The lowest BCUT2D eigenvalue weighted by molar-refractivity contribution is 0.224. The molecule has 3 heterocycles. The molecule has 0 saturated heterocycles. The maximum absolute atomic E-state index is 10.2. The Morgan fingerprint density at radius 2 is 1.95 bits per heavy atom. The molecule has 3 rings (SSSR count). The van der Waals surface area contributed by atoms with Crippen molar-refractivity contribution in [2.45, 2.75) is 57.5 Å². The van der Waals surface area contributed by atoms with E-state index in [4.69, 9.17) is 4.36 Å². The highest BCUT2D eigenvalue weighted by Crippen LogP contribution is 2.22. The molecule has 0 radical (unpaired) electrons. The van der Waals surface area contributed by atoms with Gasteiger partial charge in [0.05, 0.1) is 11.8 Å². The number of hydrogen-bond acceptors (Lipinski definition) is 4. The van der Waals surface area contributed by atoms with Gasteiger partial charge < -0.3 is 5.11 Å². The van der Waals surface area contributed by atoms with Crippen LogP contribution in [-0.2, 0) is 10.7 Å². The van der Waals surface area contributed by atoms with Gasteiger partial charge in [-0.05, 0) is 41.4 Å². The summed E-state index contributed by atoms with van der Waals surface area (Å²) in [5, 5.41) is 21.7. The molecule has 0 aromatic carbocycles. The van der Waals surface area contributed by atoms with Gasteiger partial charge in [-0.3, -0.25) is 0 Å². The molecule has 0 spiro atoms. The number of allylic oxidation sites excluding steroid dienone is 3. The average Bonchev–Trinajstić information content (AvgIpc) is 2.95. The zero-order chi connectivity index (χ0) is 13.8. The summed E-state index contributed by atoms with van der Waals surface area (Å²) in [5.41, 5.74) is 2.01. The third-order valence-corrected chi connectivity index (χ3v) is 5.43. The molecule has 0 fully saturated rings. The summed E-state index contributed by atoms with van der Waals surface area (Å²) >= 11 is 0. The molecule has 108 valence electrons. The van der Waals surface area contributed by atoms with Crippen molar-refractivity contribution >= 4 is 21.4 Å². The molecule has 3 aliphatic heterocycles. The van der Waals surface area contributed by atoms with Crippen LogP contribution in [0.1, 0.15) is 51.4 Å². The second-order valence-electron chi connectivity index (χ2n) is 5.48. The normalized spacial score (nSPS) is 30.8. The molecule has 5 heteroatoms. The lowest BCUT2D eigenvalue weighted by Gasteiger charge is -2.13. The summed E-state index contributed by atoms with van der Waals surface area (Å²) in [4.78, 5) is 0. The smallest absolute Gasteiger partial charge is 0.117 e. The van der Waals surface area contributed by atoms with Gasteiger partial charge in [0.1, 0.15) is 5.04 Å². The van der Waals surface area contributed by atoms with Gasteiger partial charge in [-0.15, -0.1) is 5.10 Å². The third kappa shape index (κ3) is 3.33. The van der Waals surface area contributed by atoms with Crippen LogP contribution in [0.15, 0.2) is 37.8 Å². The summed E-state index contributed by atoms with van der Waals surface area (Å²) in [6.45, 7) is 0. The Hall–Kier alpha value is -1.07. The number of aliphatic hydroxyl groups is 1. The SMILES string of the molecule is OC1CCCCCCCC2=CC=CS(=N2)C2=NN=C1C2. The fourth-order valence-electron chi connectivity index (χ4n) is 2.66. The first-order valence-corrected chi connectivity index (χ1v) is 8.71. The van der Waals surface area contributed by atoms with Crippen LogP contribution in [0.25, 0.3) is 0 Å². The highest BCUT2D eigenvalue weighted by atomic mass is 32.2. The predicted octanol–water partition coefficient (Wildman–Crippen LogP) is 3.46. The molecule has 20 heavy (non-hydrogen) atoms. The van der Waals surface area contributed by atoms with Crippen molar-refractivity contribution in [3.05, 3.63) is 23.3 Å². The van der Waals surface area contributed by atoms with Crippen molar-refractivity contribution in [1.29, 1.82) is 0 Å². The minimum atomic E-state index is -0.424. The highest BCUT2D eigenvalue weighted by molar-refractivity contribution is 8.05. The van der Waals surface area contributed by atoms with Crippen molar-refractivity contribution in [2.75, 3.05) is 0 Å². The van der Waals surface area contributed by atoms with E-state index in [2.05, 4.69) is 27.8 Å². The van der Waals surface area contributed by atoms with E-state index < -0.39 is 6.10 Å². The van der Waals surface area contributed by atoms with Gasteiger partial charge in [0, 0.05) is 12.1 Å². The third-order valence-electron chi connectivity index (χ3n) is 3.87. The van der Waals surface area contributed by atoms with Crippen LogP contribution >= 0.6 is 0 Å². The van der Waals surface area contributed by atoms with Crippen LogP contribution in [-0.4, -0.2) is 22.0 Å². The van der Waals surface area contributed by atoms with Gasteiger partial charge in [0.15, 0.2) is 0 Å². The van der Waals surface area contributed by atoms with Gasteiger partial charge in [-0.2, -0.15) is 5.10 Å². The Labute approximate surface area is 122 Å². The largest absolute Gasteiger partial charge is 0.387 e. The summed E-state index contributed by atoms with van der Waals surface area (Å²) in [7, 11) is -0.276. The average molecular weight is 291 g/mol. The second kappa shape index (κ2) is 6.59. The van der Waals surface area contributed by atoms with E-state index >= 15 is 0 Å². The van der Waals surface area contributed by atoms with Crippen molar-refractivity contribution < 1.29 is 5.11 Å². The zero-order valence-electron chi connectivity index (χ0n) is 11.7. The predicted molar refractivity (Wildman–Crippen MR) is 84.8 cm³/mol. The first-order chi connectivity index (χ1) is 9.83. The van der Waals surface area contributed by atoms with Crippen LogP contribution in [0.2, 0.25) is 0 Å². The minimum absolute atomic E-state index is 0.276. The molecule has 2 unspecified atom stereocenters. The van der Waals surface area contributed by atoms with E-state index in [0.717, 1.165) is 30.0 Å². The quantitative estimate of drug-likeness (QED) is 0.730. The van der Waals surface area contributed by atoms with E-state index in [9.17, 15) is 5.11 Å². The summed E-state index contributed by atoms with van der Waals surface area (Å²) in [6, 6.07) is 0. The van der Waals surface area contributed by atoms with E-state index in [-0.39, 0.29) is 10.7 Å². The molecular formula is C15H21N3OS. The Morgan fingerprint density at radius 1 is 1.10 bits per heavy atom. The number of nitrogens with zero attached hydrogens (tertiary/aromatic N) is 3. The Bertz CT molecular complexity index is 531. The van der Waals surface area contributed by atoms with Crippen molar-refractivity contribution in [3.8, 4) is 0 Å². The van der Waals surface area contributed by atoms with Gasteiger partial charge in [-0.25, -0.2) is 4.36 Å². The molecule has 0 aliphatic carbocycles. The molecule has 0 aromatic heterocycles. The molecule has 0 amide bonds. The van der Waals surface area contributed by atoms with Crippen molar-refractivity contribution in [3.63, 3.8) is 0 Å². The van der Waals surface area contributed by atoms with Gasteiger partial charge in [-0.1, -0.05) is 31.8 Å². The molecule has 3 aliphatic rings. The van der Waals surface area contributed by atoms with E-state index in [1.807, 2.05) is 0 Å². The molecular weight excluding hydrogens is 270 g/mol. The second-order valence-corrected chi connectivity index (χ2v) is 7.03. The standard InChI is InChI=1S/C15H21N3OS/c19-14-9-5-3-1-2-4-7-12-8-6-10-20(18-12)15-11-13(14)16-17-15/h6,8,10,14,19H,1-5,7,9,11H2. The minimum Gasteiger partial charge on any atom is -0.387 e. The van der Waals surface area contributed by atoms with Crippen LogP contribution < -0.4 is 0 Å². The molecule has 4 bridgehead atoms. The number of hydrogen-bond donors (Lipinski definition) is 1. The number of fused-ring (bicyclic) bond motifs is 4. The van der Waals surface area contributed by atoms with Crippen LogP contribution in [0.5, 0.6) is 0 Å². The Morgan fingerprint density at radius 3 is 2.90 bits per heavy atom. The van der Waals surface area contributed by atoms with E-state index in [1.54, 1.807) is 0 Å². The zero-order valence-corrected chi connectivity index (χ0v) is 12.5. The monoisotopic (exact) mass is 291 g/mol. The highest BCUT2D eigenvalue weighted by Gasteiger charge is 2.22. The number of aliphatic hydroxyl groups excluding tert-OH is 1. The van der Waals surface area contributed by atoms with Gasteiger partial charge in [0.2, 0.25) is 0 Å². The summed E-state index contributed by atoms with van der Waals surface area (Å²) in [6.07, 6.45) is 12.3. The molecule has 2 atom stereocenters. The lowest BCUT2D eigenvalue weighted by atomic mass is 10.0. The number of rotatable bonds is 0. The van der Waals surface area contributed by atoms with E-state index in [1.165, 1.54) is 31.4 Å². The molecule has 4 nitrogen and oxygen atoms in total. The fourth-order valence-corrected chi connectivity index (χ4v) is 4.03. The topological polar surface area (TPSA) is 57.3 Å². The molecule has 0 aromatic rings. The van der Waals surface area contributed by atoms with Gasteiger partial charge >= 0.3 is 0 Å². The van der Waals surface area contributed by atoms with Crippen molar-refractivity contribution in [1.82, 2.24) is 0 Å². The molecule has 1 N–H and O–H groups in total. The van der Waals surface area contributed by atoms with Crippen LogP contribution in [0.3, 0.4) is 0 Å². The summed E-state index contributed by atoms with van der Waals surface area (Å²) in [5.74, 6) is 0. The lowest BCUT2D eigenvalue weighted by Crippen LogP contribution is -2.21. The fraction of sp³-hybridized carbons (Fsp3) is 0.600. The summed E-state index contributed by atoms with van der Waals surface area (Å²) < 4.78 is 4.79. The van der Waals surface area contributed by atoms with Crippen molar-refractivity contribution in [2.24, 2.45) is 14.6 Å². The van der Waals surface area contributed by atoms with Gasteiger partial charge in [0.25, 0.3) is 0 Å². The molecule has 0 saturated carbocycles.